The van der Waals surface area contributed by atoms with E-state index in [0.717, 1.165) is 16.8 Å². The van der Waals surface area contributed by atoms with E-state index in [2.05, 4.69) is 10.3 Å². The minimum atomic E-state index is -4.46. The molecule has 2 N–H and O–H groups in total. The molecule has 136 valence electrons. The number of nitrogens with two attached hydrogens (primary N) is 1. The summed E-state index contributed by atoms with van der Waals surface area (Å²) in [7, 11) is 3.00. The van der Waals surface area contributed by atoms with Gasteiger partial charge in [-0.15, -0.1) is 5.10 Å². The number of nitrogens with zero attached hydrogens (tertiary/aromatic N) is 3. The predicted molar refractivity (Wildman–Crippen MR) is 89.3 cm³/mol. The van der Waals surface area contributed by atoms with Crippen LogP contribution in [0.4, 0.5) is 19.0 Å². The van der Waals surface area contributed by atoms with Crippen LogP contribution in [0.1, 0.15) is 5.56 Å². The number of nitrogen functional groups attached to an aromatic ring is 1. The van der Waals surface area contributed by atoms with Crippen molar-refractivity contribution in [2.75, 3.05) is 20.0 Å². The first-order valence-corrected chi connectivity index (χ1v) is 7.46. The fourth-order valence-electron chi connectivity index (χ4n) is 2.48. The number of alkyl halides is 3. The van der Waals surface area contributed by atoms with E-state index in [4.69, 9.17) is 15.2 Å². The van der Waals surface area contributed by atoms with Crippen LogP contribution in [0.2, 0.25) is 0 Å². The second kappa shape index (κ2) is 6.58. The van der Waals surface area contributed by atoms with Gasteiger partial charge in [-0.1, -0.05) is 11.3 Å². The molecule has 3 aromatic rings. The van der Waals surface area contributed by atoms with Crippen LogP contribution >= 0.6 is 0 Å². The maximum Gasteiger partial charge on any atom is 0.416 e. The number of hydrogen-bond acceptors (Lipinski definition) is 5. The van der Waals surface area contributed by atoms with E-state index < -0.39 is 11.7 Å². The van der Waals surface area contributed by atoms with Crippen LogP contribution in [-0.4, -0.2) is 29.2 Å². The monoisotopic (exact) mass is 364 g/mol. The second-order valence-electron chi connectivity index (χ2n) is 5.35. The van der Waals surface area contributed by atoms with Crippen molar-refractivity contribution < 1.29 is 22.6 Å². The highest BCUT2D eigenvalue weighted by molar-refractivity contribution is 5.73. The lowest BCUT2D eigenvalue weighted by atomic mass is 10.1. The quantitative estimate of drug-likeness (QED) is 0.766. The normalized spacial score (nSPS) is 11.4. The van der Waals surface area contributed by atoms with Crippen LogP contribution in [0, 0.1) is 0 Å². The predicted octanol–water partition coefficient (Wildman–Crippen LogP) is 3.55. The van der Waals surface area contributed by atoms with Crippen LogP contribution in [0.5, 0.6) is 11.5 Å². The number of anilines is 1. The maximum atomic E-state index is 12.9. The standard InChI is InChI=1S/C17H15F3N4O2/c1-25-13-7-6-10(8-14(13)26-2)15-16(21)24(23-22-15)12-5-3-4-11(9-12)17(18,19)20/h3-9H,21H2,1-2H3. The van der Waals surface area contributed by atoms with Crippen molar-refractivity contribution in [2.45, 2.75) is 6.18 Å². The smallest absolute Gasteiger partial charge is 0.416 e. The number of ether oxygens (including phenoxy) is 2. The average Bonchev–Trinajstić information content (AvgIpc) is 3.02. The van der Waals surface area contributed by atoms with Crippen molar-refractivity contribution in [3.63, 3.8) is 0 Å². The van der Waals surface area contributed by atoms with Crippen LogP contribution in [0.15, 0.2) is 42.5 Å². The molecule has 26 heavy (non-hydrogen) atoms. The summed E-state index contributed by atoms with van der Waals surface area (Å²) >= 11 is 0. The average molecular weight is 364 g/mol. The summed E-state index contributed by atoms with van der Waals surface area (Å²) in [5.74, 6) is 1.11. The lowest BCUT2D eigenvalue weighted by Gasteiger charge is -2.10. The molecule has 0 bridgehead atoms. The molecule has 0 aliphatic carbocycles. The molecule has 1 heterocycles. The molecule has 1 aromatic heterocycles. The molecule has 3 rings (SSSR count). The lowest BCUT2D eigenvalue weighted by molar-refractivity contribution is -0.137. The summed E-state index contributed by atoms with van der Waals surface area (Å²) < 4.78 is 50.3. The summed E-state index contributed by atoms with van der Waals surface area (Å²) in [5.41, 5.74) is 6.36. The van der Waals surface area contributed by atoms with Gasteiger partial charge in [0.25, 0.3) is 0 Å². The summed E-state index contributed by atoms with van der Waals surface area (Å²) in [6.45, 7) is 0. The third-order valence-electron chi connectivity index (χ3n) is 3.78. The van der Waals surface area contributed by atoms with E-state index in [1.54, 1.807) is 18.2 Å². The van der Waals surface area contributed by atoms with Crippen molar-refractivity contribution in [3.05, 3.63) is 48.0 Å². The van der Waals surface area contributed by atoms with Gasteiger partial charge in [0.2, 0.25) is 0 Å². The molecule has 0 saturated heterocycles. The van der Waals surface area contributed by atoms with Crippen LogP contribution in [-0.2, 0) is 6.18 Å². The van der Waals surface area contributed by atoms with Gasteiger partial charge in [-0.25, -0.2) is 0 Å². The van der Waals surface area contributed by atoms with Gasteiger partial charge in [-0.05, 0) is 36.4 Å². The number of methoxy groups -OCH3 is 2. The molecule has 0 fully saturated rings. The molecule has 0 aliphatic heterocycles. The SMILES string of the molecule is COc1ccc(-c2nnn(-c3cccc(C(F)(F)F)c3)c2N)cc1OC. The van der Waals surface area contributed by atoms with Crippen molar-refractivity contribution >= 4 is 5.82 Å². The number of rotatable bonds is 4. The van der Waals surface area contributed by atoms with Gasteiger partial charge in [-0.3, -0.25) is 0 Å². The number of hydrogen-bond donors (Lipinski definition) is 1. The molecule has 6 nitrogen and oxygen atoms in total. The summed E-state index contributed by atoms with van der Waals surface area (Å²) in [6, 6.07) is 9.74. The summed E-state index contributed by atoms with van der Waals surface area (Å²) in [6.07, 6.45) is -4.46. The fraction of sp³-hybridized carbons (Fsp3) is 0.176. The van der Waals surface area contributed by atoms with Gasteiger partial charge >= 0.3 is 6.18 Å². The minimum absolute atomic E-state index is 0.108. The van der Waals surface area contributed by atoms with Gasteiger partial charge < -0.3 is 15.2 Å². The Labute approximate surface area is 146 Å². The summed E-state index contributed by atoms with van der Waals surface area (Å²) in [4.78, 5) is 0. The highest BCUT2D eigenvalue weighted by Crippen LogP contribution is 2.35. The van der Waals surface area contributed by atoms with E-state index in [9.17, 15) is 13.2 Å². The summed E-state index contributed by atoms with van der Waals surface area (Å²) in [5, 5.41) is 7.88. The topological polar surface area (TPSA) is 75.2 Å². The van der Waals surface area contributed by atoms with Gasteiger partial charge in [-0.2, -0.15) is 17.9 Å². The molecule has 9 heteroatoms. The van der Waals surface area contributed by atoms with Crippen LogP contribution < -0.4 is 15.2 Å². The molecule has 0 radical (unpaired) electrons. The largest absolute Gasteiger partial charge is 0.493 e. The minimum Gasteiger partial charge on any atom is -0.493 e. The molecular formula is C17H15F3N4O2. The molecule has 0 amide bonds. The third-order valence-corrected chi connectivity index (χ3v) is 3.78. The zero-order valence-corrected chi connectivity index (χ0v) is 13.9. The first kappa shape index (κ1) is 17.6. The Balaban J connectivity index is 2.04. The van der Waals surface area contributed by atoms with Crippen molar-refractivity contribution in [1.29, 1.82) is 0 Å². The zero-order valence-electron chi connectivity index (χ0n) is 13.9. The van der Waals surface area contributed by atoms with Gasteiger partial charge in [0, 0.05) is 5.56 Å². The number of benzene rings is 2. The Morgan fingerprint density at radius 2 is 1.73 bits per heavy atom. The molecule has 0 aliphatic rings. The van der Waals surface area contributed by atoms with E-state index in [-0.39, 0.29) is 11.5 Å². The highest BCUT2D eigenvalue weighted by atomic mass is 19.4. The Kier molecular flexibility index (Phi) is 4.45. The highest BCUT2D eigenvalue weighted by Gasteiger charge is 2.30. The van der Waals surface area contributed by atoms with E-state index >= 15 is 0 Å². The first-order chi connectivity index (χ1) is 12.3. The number of aromatic nitrogens is 3. The Bertz CT molecular complexity index is 938. The van der Waals surface area contributed by atoms with Crippen LogP contribution in [0.3, 0.4) is 0 Å². The van der Waals surface area contributed by atoms with E-state index in [1.807, 2.05) is 0 Å². The van der Waals surface area contributed by atoms with E-state index in [0.29, 0.717) is 22.8 Å². The molecular weight excluding hydrogens is 349 g/mol. The Morgan fingerprint density at radius 1 is 1.00 bits per heavy atom. The lowest BCUT2D eigenvalue weighted by Crippen LogP contribution is -2.08. The van der Waals surface area contributed by atoms with Crippen molar-refractivity contribution in [1.82, 2.24) is 15.0 Å². The Hall–Kier alpha value is -3.23. The molecule has 0 unspecified atom stereocenters. The fourth-order valence-corrected chi connectivity index (χ4v) is 2.48. The molecule has 0 saturated carbocycles. The maximum absolute atomic E-state index is 12.9. The van der Waals surface area contributed by atoms with Crippen molar-refractivity contribution in [2.24, 2.45) is 0 Å². The molecule has 0 spiro atoms. The third kappa shape index (κ3) is 3.15. The number of halogens is 3. The van der Waals surface area contributed by atoms with E-state index in [1.165, 1.54) is 26.4 Å². The molecule has 2 aromatic carbocycles. The zero-order chi connectivity index (χ0) is 18.9. The Morgan fingerprint density at radius 3 is 2.38 bits per heavy atom. The van der Waals surface area contributed by atoms with Gasteiger partial charge in [0.15, 0.2) is 17.3 Å². The van der Waals surface area contributed by atoms with Crippen molar-refractivity contribution in [3.8, 4) is 28.4 Å². The van der Waals surface area contributed by atoms with Crippen LogP contribution in [0.25, 0.3) is 16.9 Å². The molecule has 0 atom stereocenters. The second-order valence-corrected chi connectivity index (χ2v) is 5.35. The van der Waals surface area contributed by atoms with Gasteiger partial charge in [0.05, 0.1) is 25.5 Å². The van der Waals surface area contributed by atoms with Gasteiger partial charge in [0.1, 0.15) is 5.69 Å². The first-order valence-electron chi connectivity index (χ1n) is 7.46.